The predicted molar refractivity (Wildman–Crippen MR) is 549 cm³/mol. The third-order valence-corrected chi connectivity index (χ3v) is 25.6. The van der Waals surface area contributed by atoms with E-state index in [1.807, 2.05) is 0 Å². The van der Waals surface area contributed by atoms with E-state index < -0.39 is 0 Å². The quantitative estimate of drug-likeness (QED) is 0.0857. The van der Waals surface area contributed by atoms with E-state index in [9.17, 15) is 0 Å². The zero-order valence-corrected chi connectivity index (χ0v) is 71.9. The fourth-order valence-electron chi connectivity index (χ4n) is 19.8. The third-order valence-electron chi connectivity index (χ3n) is 25.6. The number of hydrogen-bond donors (Lipinski definition) is 0. The van der Waals surface area contributed by atoms with Crippen LogP contribution >= 0.6 is 0 Å². The van der Waals surface area contributed by atoms with Gasteiger partial charge in [-0.15, -0.1) is 0 Å². The highest BCUT2D eigenvalue weighted by Crippen LogP contribution is 2.48. The van der Waals surface area contributed by atoms with E-state index in [1.54, 1.807) is 0 Å². The molecule has 20 aromatic carbocycles. The fraction of sp³-hybridized carbons (Fsp3) is 0.0164. The Morgan fingerprint density at radius 2 is 0.354 bits per heavy atom. The smallest absolute Gasteiger partial charge is 0.0702 e. The molecular formula is C122H88N8. The predicted octanol–water partition coefficient (Wildman–Crippen LogP) is 33.6. The van der Waals surface area contributed by atoms with Crippen LogP contribution in [0.3, 0.4) is 0 Å². The molecule has 8 nitrogen and oxygen atoms in total. The van der Waals surface area contributed by atoms with Gasteiger partial charge in [-0.3, -0.25) is 0 Å². The number of aryl methyl sites for hydroxylation is 2. The molecule has 0 spiro atoms. The Balaban J connectivity index is 0.000000148. The van der Waals surface area contributed by atoms with Gasteiger partial charge in [0.25, 0.3) is 0 Å². The lowest BCUT2D eigenvalue weighted by Crippen LogP contribution is -2.13. The summed E-state index contributed by atoms with van der Waals surface area (Å²) >= 11 is 0. The molecule has 0 radical (unpaired) electrons. The number of anilines is 12. The largest absolute Gasteiger partial charge is 0.310 e. The summed E-state index contributed by atoms with van der Waals surface area (Å²) in [5.74, 6) is 0. The number of aromatic nitrogens is 4. The maximum atomic E-state index is 2.41. The first-order valence-electron chi connectivity index (χ1n) is 44.5. The summed E-state index contributed by atoms with van der Waals surface area (Å²) in [6, 6.07) is 179. The van der Waals surface area contributed by atoms with Crippen LogP contribution in [0, 0.1) is 13.8 Å². The van der Waals surface area contributed by atoms with Crippen LogP contribution in [-0.4, -0.2) is 18.3 Å². The summed E-state index contributed by atoms with van der Waals surface area (Å²) in [7, 11) is 0. The Bertz CT molecular complexity index is 7600. The van der Waals surface area contributed by atoms with Gasteiger partial charge in [0, 0.05) is 111 Å². The number of hydrogen-bond acceptors (Lipinski definition) is 4. The van der Waals surface area contributed by atoms with Crippen molar-refractivity contribution in [1.29, 1.82) is 0 Å². The zero-order valence-electron chi connectivity index (χ0n) is 71.9. The van der Waals surface area contributed by atoms with Gasteiger partial charge in [0.1, 0.15) is 0 Å². The third kappa shape index (κ3) is 13.8. The summed E-state index contributed by atoms with van der Waals surface area (Å²) in [6.45, 7) is 4.46. The molecule has 0 N–H and O–H groups in total. The molecule has 4 heterocycles. The molecule has 0 saturated heterocycles. The maximum absolute atomic E-state index is 2.41. The monoisotopic (exact) mass is 1660 g/mol. The number of nitrogens with zero attached hydrogens (tertiary/aromatic N) is 8. The second-order valence-electron chi connectivity index (χ2n) is 33.3. The summed E-state index contributed by atoms with van der Waals surface area (Å²) in [5.41, 5.74) is 34.4. The standard InChI is InChI=1S/C62H46N4.C60H42N4/c1-43-41-51(63(45-17-5-3-6-18-45)47-29-33-49(34-30-47)65-59-25-13-9-21-55(59)56-22-10-14-26-60(56)65)37-39-53(43)54-40-38-52(42-44(54)2)64(46-19-7-4-8-20-46)48-31-35-50(36-32-48)66-61-27-15-11-23-57(61)58-24-12-16-28-62(58)66;1-3-19-45(20-4-1)61(57-31-15-17-33-59(57)63-53-27-11-7-23-49(53)50-24-8-12-28-54(50)63)47-39-35-43(36-40-47)44-37-41-48(42-38-44)62(46-21-5-2-6-22-46)58-32-16-18-34-60(58)64-55-29-13-9-25-51(55)52-26-10-14-30-56(52)64/h3-42H,1-2H3;1-42H. The van der Waals surface area contributed by atoms with E-state index >= 15 is 0 Å². The van der Waals surface area contributed by atoms with Gasteiger partial charge in [0.05, 0.1) is 66.9 Å². The Morgan fingerprint density at radius 1 is 0.154 bits per heavy atom. The molecule has 0 atom stereocenters. The van der Waals surface area contributed by atoms with Crippen molar-refractivity contribution in [1.82, 2.24) is 18.3 Å². The normalized spacial score (nSPS) is 11.5. The van der Waals surface area contributed by atoms with E-state index in [0.29, 0.717) is 0 Å². The Morgan fingerprint density at radius 3 is 0.623 bits per heavy atom. The highest BCUT2D eigenvalue weighted by molar-refractivity contribution is 6.13. The first-order valence-corrected chi connectivity index (χ1v) is 44.5. The van der Waals surface area contributed by atoms with Crippen molar-refractivity contribution in [2.45, 2.75) is 13.8 Å². The van der Waals surface area contributed by atoms with Crippen molar-refractivity contribution in [2.75, 3.05) is 19.6 Å². The van der Waals surface area contributed by atoms with Gasteiger partial charge in [-0.25, -0.2) is 0 Å². The van der Waals surface area contributed by atoms with Gasteiger partial charge in [0.2, 0.25) is 0 Å². The minimum atomic E-state index is 1.08. The van der Waals surface area contributed by atoms with Crippen LogP contribution < -0.4 is 19.6 Å². The van der Waals surface area contributed by atoms with Gasteiger partial charge in [-0.1, -0.05) is 279 Å². The van der Waals surface area contributed by atoms with Crippen molar-refractivity contribution in [2.24, 2.45) is 0 Å². The number of rotatable bonds is 18. The molecule has 0 amide bonds. The van der Waals surface area contributed by atoms with Crippen LogP contribution in [-0.2, 0) is 0 Å². The lowest BCUT2D eigenvalue weighted by molar-refractivity contribution is 1.15. The van der Waals surface area contributed by atoms with Crippen molar-refractivity contribution in [3.05, 3.63) is 509 Å². The van der Waals surface area contributed by atoms with Crippen molar-refractivity contribution < 1.29 is 0 Å². The molecule has 0 aliphatic heterocycles. The molecular weight excluding hydrogens is 1580 g/mol. The summed E-state index contributed by atoms with van der Waals surface area (Å²) in [6.07, 6.45) is 0. The van der Waals surface area contributed by atoms with E-state index in [2.05, 4.69) is 549 Å². The average molecular weight is 1670 g/mol. The highest BCUT2D eigenvalue weighted by atomic mass is 15.2. The van der Waals surface area contributed by atoms with Gasteiger partial charge >= 0.3 is 0 Å². The summed E-state index contributed by atoms with van der Waals surface area (Å²) < 4.78 is 9.56. The fourth-order valence-corrected chi connectivity index (χ4v) is 19.8. The van der Waals surface area contributed by atoms with Gasteiger partial charge in [-0.05, 0) is 266 Å². The number of fused-ring (bicyclic) bond motifs is 12. The Labute approximate surface area is 755 Å². The topological polar surface area (TPSA) is 32.7 Å². The molecule has 24 aromatic rings. The zero-order chi connectivity index (χ0) is 86.5. The van der Waals surface area contributed by atoms with Crippen LogP contribution in [0.4, 0.5) is 68.2 Å². The van der Waals surface area contributed by atoms with Crippen LogP contribution in [0.1, 0.15) is 11.1 Å². The molecule has 0 aliphatic carbocycles. The molecule has 130 heavy (non-hydrogen) atoms. The molecule has 8 heteroatoms. The molecule has 4 aromatic heterocycles. The minimum Gasteiger partial charge on any atom is -0.310 e. The van der Waals surface area contributed by atoms with Crippen LogP contribution in [0.5, 0.6) is 0 Å². The first-order chi connectivity index (χ1) is 64.4. The Hall–Kier alpha value is -17.2. The maximum Gasteiger partial charge on any atom is 0.0702 e. The molecule has 0 fully saturated rings. The van der Waals surface area contributed by atoms with Gasteiger partial charge in [0.15, 0.2) is 0 Å². The lowest BCUT2D eigenvalue weighted by atomic mass is 9.95. The first kappa shape index (κ1) is 77.6. The Kier molecular flexibility index (Phi) is 19.9. The van der Waals surface area contributed by atoms with Crippen molar-refractivity contribution in [3.8, 4) is 45.0 Å². The van der Waals surface area contributed by atoms with Gasteiger partial charge in [-0.2, -0.15) is 0 Å². The van der Waals surface area contributed by atoms with E-state index in [1.165, 1.54) is 109 Å². The molecule has 0 aliphatic rings. The second-order valence-corrected chi connectivity index (χ2v) is 33.3. The van der Waals surface area contributed by atoms with Crippen LogP contribution in [0.2, 0.25) is 0 Å². The van der Waals surface area contributed by atoms with Gasteiger partial charge < -0.3 is 37.9 Å². The van der Waals surface area contributed by atoms with E-state index in [-0.39, 0.29) is 0 Å². The number of para-hydroxylation sites is 16. The van der Waals surface area contributed by atoms with Crippen LogP contribution in [0.15, 0.2) is 497 Å². The van der Waals surface area contributed by atoms with Crippen LogP contribution in [0.25, 0.3) is 132 Å². The highest BCUT2D eigenvalue weighted by Gasteiger charge is 2.26. The summed E-state index contributed by atoms with van der Waals surface area (Å²) in [4.78, 5) is 9.45. The van der Waals surface area contributed by atoms with E-state index in [4.69, 9.17) is 0 Å². The van der Waals surface area contributed by atoms with Crippen molar-refractivity contribution >= 4 is 155 Å². The summed E-state index contributed by atoms with van der Waals surface area (Å²) in [5, 5.41) is 10.0. The molecule has 0 unspecified atom stereocenters. The molecule has 0 saturated carbocycles. The minimum absolute atomic E-state index is 1.08. The lowest BCUT2D eigenvalue weighted by Gasteiger charge is -2.29. The molecule has 616 valence electrons. The SMILES string of the molecule is Cc1cc(N(c2ccccc2)c2ccc(-n3c4ccccc4c4ccccc43)cc2)ccc1-c1ccc(N(c2ccccc2)c2ccc(-n3c4ccccc4c4ccccc43)cc2)cc1C.c1ccc(N(c2ccc(-c3ccc(N(c4ccccc4)c4ccccc4-n4c5ccccc5c5ccccc54)cc3)cc2)c2ccccc2-n2c3ccccc3c3ccccc32)cc1. The second kappa shape index (κ2) is 33.4. The molecule has 0 bridgehead atoms. The van der Waals surface area contributed by atoms with E-state index in [0.717, 1.165) is 102 Å². The molecule has 24 rings (SSSR count). The van der Waals surface area contributed by atoms with Crippen molar-refractivity contribution in [3.63, 3.8) is 0 Å². The average Bonchev–Trinajstić information content (AvgIpc) is 1.37. The number of benzene rings is 20.